The Morgan fingerprint density at radius 3 is 1.34 bits per heavy atom. The molecule has 3 heterocycles. The quantitative estimate of drug-likeness (QED) is 0.188. The highest BCUT2D eigenvalue weighted by molar-refractivity contribution is 6.28. The molecule has 50 heavy (non-hydrogen) atoms. The largest absolute Gasteiger partial charge is 0.309 e. The molecule has 0 saturated heterocycles. The van der Waals surface area contributed by atoms with Crippen LogP contribution in [-0.4, -0.2) is 19.1 Å². The van der Waals surface area contributed by atoms with Gasteiger partial charge in [0.1, 0.15) is 0 Å². The average Bonchev–Trinajstić information content (AvgIpc) is 3.72. The van der Waals surface area contributed by atoms with Gasteiger partial charge in [0.2, 0.25) is 5.95 Å². The van der Waals surface area contributed by atoms with E-state index in [0.29, 0.717) is 5.95 Å². The highest BCUT2D eigenvalue weighted by Crippen LogP contribution is 2.42. The summed E-state index contributed by atoms with van der Waals surface area (Å²) in [6, 6.07) is 64.1. The van der Waals surface area contributed by atoms with E-state index in [2.05, 4.69) is 179 Å². The summed E-state index contributed by atoms with van der Waals surface area (Å²) >= 11 is 0. The Bertz CT molecular complexity index is 2830. The van der Waals surface area contributed by atoms with E-state index in [9.17, 15) is 0 Å². The molecule has 3 aromatic heterocycles. The summed E-state index contributed by atoms with van der Waals surface area (Å²) in [5, 5.41) is 4.82. The van der Waals surface area contributed by atoms with E-state index < -0.39 is 0 Å². The van der Waals surface area contributed by atoms with Crippen molar-refractivity contribution < 1.29 is 0 Å². The Hall–Kier alpha value is -6.78. The number of rotatable bonds is 5. The maximum absolute atomic E-state index is 5.32. The molecule has 0 saturated carbocycles. The minimum absolute atomic E-state index is 0.644. The molecule has 0 aliphatic rings. The van der Waals surface area contributed by atoms with E-state index in [0.717, 1.165) is 39.2 Å². The van der Waals surface area contributed by atoms with E-state index in [-0.39, 0.29) is 0 Å². The van der Waals surface area contributed by atoms with E-state index in [4.69, 9.17) is 9.97 Å². The lowest BCUT2D eigenvalue weighted by atomic mass is 10.0. The van der Waals surface area contributed by atoms with E-state index in [1.54, 1.807) is 0 Å². The van der Waals surface area contributed by atoms with Gasteiger partial charge in [-0.3, -0.25) is 4.57 Å². The van der Waals surface area contributed by atoms with Crippen LogP contribution in [0.5, 0.6) is 0 Å². The van der Waals surface area contributed by atoms with Gasteiger partial charge < -0.3 is 4.57 Å². The first-order valence-corrected chi connectivity index (χ1v) is 16.9. The zero-order valence-electron chi connectivity index (χ0n) is 27.1. The molecule has 0 aliphatic heterocycles. The van der Waals surface area contributed by atoms with Crippen LogP contribution < -0.4 is 0 Å². The predicted octanol–water partition coefficient (Wildman–Crippen LogP) is 11.7. The van der Waals surface area contributed by atoms with Crippen LogP contribution in [0.25, 0.3) is 88.9 Å². The Morgan fingerprint density at radius 2 is 0.740 bits per heavy atom. The SMILES string of the molecule is c1ccc(-c2ccc(-c3cc(-c4ccccc4)nc(-n4c5ccccc5c5c6c7ccccc7n(-c7ccccc7)c6ccc54)n3)cc2)cc1. The smallest absolute Gasteiger partial charge is 0.235 e. The molecule has 0 amide bonds. The number of para-hydroxylation sites is 3. The summed E-state index contributed by atoms with van der Waals surface area (Å²) in [5.41, 5.74) is 11.9. The Kier molecular flexibility index (Phi) is 6.46. The fourth-order valence-electron chi connectivity index (χ4n) is 7.49. The first-order chi connectivity index (χ1) is 24.8. The molecule has 0 fully saturated rings. The monoisotopic (exact) mass is 638 g/mol. The van der Waals surface area contributed by atoms with Crippen molar-refractivity contribution in [3.63, 3.8) is 0 Å². The van der Waals surface area contributed by atoms with Gasteiger partial charge in [-0.25, -0.2) is 9.97 Å². The van der Waals surface area contributed by atoms with Crippen molar-refractivity contribution in [3.8, 4) is 45.3 Å². The second-order valence-electron chi connectivity index (χ2n) is 12.6. The fraction of sp³-hybridized carbons (Fsp3) is 0. The van der Waals surface area contributed by atoms with Gasteiger partial charge in [-0.1, -0.05) is 140 Å². The van der Waals surface area contributed by atoms with Crippen molar-refractivity contribution in [1.82, 2.24) is 19.1 Å². The molecule has 0 aliphatic carbocycles. The first-order valence-electron chi connectivity index (χ1n) is 16.9. The van der Waals surface area contributed by atoms with Crippen molar-refractivity contribution in [2.75, 3.05) is 0 Å². The normalized spacial score (nSPS) is 11.6. The zero-order valence-corrected chi connectivity index (χ0v) is 27.1. The zero-order chi connectivity index (χ0) is 33.0. The lowest BCUT2D eigenvalue weighted by molar-refractivity contribution is 0.996. The highest BCUT2D eigenvalue weighted by Gasteiger charge is 2.22. The maximum atomic E-state index is 5.32. The van der Waals surface area contributed by atoms with Gasteiger partial charge in [-0.2, -0.15) is 0 Å². The Balaban J connectivity index is 1.25. The summed E-state index contributed by atoms with van der Waals surface area (Å²) in [5.74, 6) is 0.644. The Morgan fingerprint density at radius 1 is 0.320 bits per heavy atom. The lowest BCUT2D eigenvalue weighted by Gasteiger charge is -2.12. The van der Waals surface area contributed by atoms with Gasteiger partial charge in [0.25, 0.3) is 0 Å². The molecule has 0 bridgehead atoms. The molecule has 10 aromatic rings. The maximum Gasteiger partial charge on any atom is 0.235 e. The van der Waals surface area contributed by atoms with Gasteiger partial charge >= 0.3 is 0 Å². The number of hydrogen-bond donors (Lipinski definition) is 0. The van der Waals surface area contributed by atoms with E-state index in [1.807, 2.05) is 12.1 Å². The van der Waals surface area contributed by atoms with Gasteiger partial charge in [0, 0.05) is 38.4 Å². The number of nitrogens with zero attached hydrogens (tertiary/aromatic N) is 4. The highest BCUT2D eigenvalue weighted by atomic mass is 15.2. The third kappa shape index (κ3) is 4.46. The van der Waals surface area contributed by atoms with Crippen molar-refractivity contribution in [2.24, 2.45) is 0 Å². The van der Waals surface area contributed by atoms with Crippen molar-refractivity contribution in [1.29, 1.82) is 0 Å². The van der Waals surface area contributed by atoms with Crippen LogP contribution in [0.15, 0.2) is 182 Å². The first kappa shape index (κ1) is 28.3. The number of hydrogen-bond acceptors (Lipinski definition) is 2. The van der Waals surface area contributed by atoms with Crippen LogP contribution in [0.3, 0.4) is 0 Å². The number of aromatic nitrogens is 4. The van der Waals surface area contributed by atoms with Crippen molar-refractivity contribution >= 4 is 43.6 Å². The van der Waals surface area contributed by atoms with Gasteiger partial charge in [0.05, 0.1) is 33.5 Å². The topological polar surface area (TPSA) is 35.6 Å². The molecule has 7 aromatic carbocycles. The van der Waals surface area contributed by atoms with E-state index in [1.165, 1.54) is 43.7 Å². The molecule has 4 heteroatoms. The summed E-state index contributed by atoms with van der Waals surface area (Å²) in [4.78, 5) is 10.6. The minimum atomic E-state index is 0.644. The van der Waals surface area contributed by atoms with Crippen LogP contribution in [-0.2, 0) is 0 Å². The summed E-state index contributed by atoms with van der Waals surface area (Å²) in [7, 11) is 0. The molecule has 0 unspecified atom stereocenters. The molecular weight excluding hydrogens is 609 g/mol. The van der Waals surface area contributed by atoms with Gasteiger partial charge in [-0.15, -0.1) is 0 Å². The average molecular weight is 639 g/mol. The molecule has 4 nitrogen and oxygen atoms in total. The van der Waals surface area contributed by atoms with Gasteiger partial charge in [0.15, 0.2) is 0 Å². The van der Waals surface area contributed by atoms with Crippen LogP contribution in [0.4, 0.5) is 0 Å². The summed E-state index contributed by atoms with van der Waals surface area (Å²) in [6.45, 7) is 0. The lowest BCUT2D eigenvalue weighted by Crippen LogP contribution is -2.04. The molecule has 0 N–H and O–H groups in total. The third-order valence-corrected chi connectivity index (χ3v) is 9.76. The number of fused-ring (bicyclic) bond motifs is 7. The molecule has 234 valence electrons. The second kappa shape index (κ2) is 11.4. The van der Waals surface area contributed by atoms with E-state index >= 15 is 0 Å². The molecule has 0 radical (unpaired) electrons. The van der Waals surface area contributed by atoms with Crippen LogP contribution in [0.2, 0.25) is 0 Å². The fourth-order valence-corrected chi connectivity index (χ4v) is 7.49. The predicted molar refractivity (Wildman–Crippen MR) is 207 cm³/mol. The van der Waals surface area contributed by atoms with Crippen LogP contribution in [0, 0.1) is 0 Å². The third-order valence-electron chi connectivity index (χ3n) is 9.76. The van der Waals surface area contributed by atoms with Crippen molar-refractivity contribution in [2.45, 2.75) is 0 Å². The second-order valence-corrected chi connectivity index (χ2v) is 12.6. The molecular formula is C46H30N4. The summed E-state index contributed by atoms with van der Waals surface area (Å²) < 4.78 is 4.62. The standard InChI is InChI=1S/C46H30N4/c1-4-14-31(15-5-1)32-24-26-34(27-25-32)39-30-38(33-16-6-2-7-17-33)47-46(48-39)50-41-23-13-11-21-37(41)45-43(50)29-28-42-44(45)36-20-10-12-22-40(36)49(42)35-18-8-3-9-19-35/h1-30H. The summed E-state index contributed by atoms with van der Waals surface area (Å²) in [6.07, 6.45) is 0. The molecule has 0 atom stereocenters. The molecule has 10 rings (SSSR count). The van der Waals surface area contributed by atoms with Crippen LogP contribution in [0.1, 0.15) is 0 Å². The van der Waals surface area contributed by atoms with Gasteiger partial charge in [-0.05, 0) is 53.6 Å². The minimum Gasteiger partial charge on any atom is -0.309 e. The molecule has 0 spiro atoms. The Labute approximate surface area is 289 Å². The number of benzene rings is 7. The van der Waals surface area contributed by atoms with Crippen LogP contribution >= 0.6 is 0 Å². The van der Waals surface area contributed by atoms with Crippen molar-refractivity contribution in [3.05, 3.63) is 182 Å².